The van der Waals surface area contributed by atoms with Crippen LogP contribution in [0, 0.1) is 22.7 Å². The van der Waals surface area contributed by atoms with E-state index in [2.05, 4.69) is 11.8 Å². The van der Waals surface area contributed by atoms with Crippen molar-refractivity contribution in [1.29, 1.82) is 0 Å². The van der Waals surface area contributed by atoms with Crippen LogP contribution in [0.3, 0.4) is 0 Å². The highest BCUT2D eigenvalue weighted by molar-refractivity contribution is 7.91. The number of benzene rings is 1. The number of hydrogen-bond donors (Lipinski definition) is 4. The van der Waals surface area contributed by atoms with Gasteiger partial charge in [0.2, 0.25) is 5.91 Å². The van der Waals surface area contributed by atoms with E-state index in [-0.39, 0.29) is 37.4 Å². The van der Waals surface area contributed by atoms with Crippen LogP contribution in [-0.2, 0) is 19.4 Å². The molecule has 1 aromatic rings. The smallest absolute Gasteiger partial charge is 0.250 e. The zero-order valence-electron chi connectivity index (χ0n) is 18.7. The number of hydroxylamine groups is 1. The molecule has 1 fully saturated rings. The van der Waals surface area contributed by atoms with Gasteiger partial charge in [0, 0.05) is 13.1 Å². The molecule has 10 nitrogen and oxygen atoms in total. The second kappa shape index (κ2) is 11.0. The van der Waals surface area contributed by atoms with Crippen molar-refractivity contribution >= 4 is 21.7 Å². The van der Waals surface area contributed by atoms with E-state index in [0.717, 1.165) is 0 Å². The highest BCUT2D eigenvalue weighted by Gasteiger charge is 2.47. The topological polar surface area (TPSA) is 153 Å². The Morgan fingerprint density at radius 2 is 1.76 bits per heavy atom. The molecule has 0 unspecified atom stereocenters. The first-order chi connectivity index (χ1) is 15.6. The first kappa shape index (κ1) is 26.6. The minimum absolute atomic E-state index is 0.00631. The van der Waals surface area contributed by atoms with Crippen LogP contribution in [0.4, 0.5) is 0 Å². The lowest BCUT2D eigenvalue weighted by Crippen LogP contribution is -2.55. The molecule has 0 bridgehead atoms. The summed E-state index contributed by atoms with van der Waals surface area (Å²) < 4.78 is 31.6. The van der Waals surface area contributed by atoms with Crippen molar-refractivity contribution in [1.82, 2.24) is 10.4 Å². The molecule has 0 aliphatic carbocycles. The fourth-order valence-electron chi connectivity index (χ4n) is 3.64. The van der Waals surface area contributed by atoms with Gasteiger partial charge in [0.15, 0.2) is 9.84 Å². The number of carbonyl (C=O) groups is 2. The Balaban J connectivity index is 2.20. The van der Waals surface area contributed by atoms with E-state index >= 15 is 0 Å². The molecule has 0 saturated carbocycles. The van der Waals surface area contributed by atoms with Gasteiger partial charge in [-0.1, -0.05) is 5.92 Å². The third-order valence-electron chi connectivity index (χ3n) is 5.94. The lowest BCUT2D eigenvalue weighted by Gasteiger charge is -2.42. The van der Waals surface area contributed by atoms with Crippen LogP contribution in [0.15, 0.2) is 29.2 Å². The highest BCUT2D eigenvalue weighted by atomic mass is 32.2. The number of ether oxygens (including phenoxy) is 1. The van der Waals surface area contributed by atoms with Crippen LogP contribution in [0.5, 0.6) is 5.75 Å². The van der Waals surface area contributed by atoms with Gasteiger partial charge >= 0.3 is 0 Å². The second-order valence-electron chi connectivity index (χ2n) is 8.34. The Labute approximate surface area is 193 Å². The van der Waals surface area contributed by atoms with Crippen molar-refractivity contribution in [2.24, 2.45) is 10.8 Å². The minimum atomic E-state index is -3.93. The number of carbonyl (C=O) groups excluding carboxylic acids is 2. The number of aliphatic hydroxyl groups is 2. The SMILES string of the molecule is CC#CCOc1ccc(S(=O)(=O)CC2(C(=O)NO)CCN(C(=O)C(C)(CO)CO)CC2)cc1. The molecule has 4 N–H and O–H groups in total. The van der Waals surface area contributed by atoms with Gasteiger partial charge < -0.3 is 19.8 Å². The van der Waals surface area contributed by atoms with Gasteiger partial charge in [0.25, 0.3) is 5.91 Å². The Bertz CT molecular complexity index is 999. The summed E-state index contributed by atoms with van der Waals surface area (Å²) in [5.41, 5.74) is -1.27. The van der Waals surface area contributed by atoms with E-state index in [1.54, 1.807) is 12.4 Å². The van der Waals surface area contributed by atoms with Crippen LogP contribution in [0.2, 0.25) is 0 Å². The quantitative estimate of drug-likeness (QED) is 0.217. The number of hydrogen-bond acceptors (Lipinski definition) is 8. The van der Waals surface area contributed by atoms with Crippen LogP contribution >= 0.6 is 0 Å². The summed E-state index contributed by atoms with van der Waals surface area (Å²) in [4.78, 5) is 26.6. The summed E-state index contributed by atoms with van der Waals surface area (Å²) >= 11 is 0. The van der Waals surface area contributed by atoms with Crippen molar-refractivity contribution in [3.63, 3.8) is 0 Å². The summed E-state index contributed by atoms with van der Waals surface area (Å²) in [6.45, 7) is 2.22. The number of nitrogens with one attached hydrogen (secondary N) is 1. The lowest BCUT2D eigenvalue weighted by molar-refractivity contribution is -0.152. The normalized spacial score (nSPS) is 15.8. The predicted molar refractivity (Wildman–Crippen MR) is 118 cm³/mol. The van der Waals surface area contributed by atoms with Gasteiger partial charge in [0.05, 0.1) is 34.7 Å². The molecule has 0 radical (unpaired) electrons. The molecule has 1 aromatic carbocycles. The number of piperidine rings is 1. The summed E-state index contributed by atoms with van der Waals surface area (Å²) in [5.74, 6) is 3.97. The van der Waals surface area contributed by atoms with Gasteiger partial charge in [-0.05, 0) is 51.0 Å². The number of nitrogens with zero attached hydrogens (tertiary/aromatic N) is 1. The van der Waals surface area contributed by atoms with E-state index in [1.807, 2.05) is 0 Å². The van der Waals surface area contributed by atoms with E-state index in [0.29, 0.717) is 5.75 Å². The van der Waals surface area contributed by atoms with Crippen molar-refractivity contribution in [3.8, 4) is 17.6 Å². The molecule has 182 valence electrons. The maximum Gasteiger partial charge on any atom is 0.250 e. The standard InChI is InChI=1S/C22H30N2O8S/c1-3-4-13-32-17-5-7-18(8-6-17)33(30,31)16-22(19(27)23-29)9-11-24(12-10-22)20(28)21(2,14-25)15-26/h5-8,25-26,29H,9-16H2,1-2H3,(H,23,27). The average molecular weight is 483 g/mol. The fraction of sp³-hybridized carbons (Fsp3) is 0.545. The summed E-state index contributed by atoms with van der Waals surface area (Å²) in [7, 11) is -3.93. The number of sulfone groups is 1. The molecule has 0 aromatic heterocycles. The molecule has 1 saturated heterocycles. The number of aliphatic hydroxyl groups excluding tert-OH is 2. The van der Waals surface area contributed by atoms with Gasteiger partial charge in [-0.15, -0.1) is 5.92 Å². The molecule has 33 heavy (non-hydrogen) atoms. The Kier molecular flexibility index (Phi) is 8.85. The van der Waals surface area contributed by atoms with Crippen LogP contribution in [0.1, 0.15) is 26.7 Å². The third kappa shape index (κ3) is 6.03. The molecule has 11 heteroatoms. The lowest BCUT2D eigenvalue weighted by atomic mass is 9.78. The van der Waals surface area contributed by atoms with Crippen LogP contribution in [-0.4, -0.2) is 79.2 Å². The van der Waals surface area contributed by atoms with E-state index < -0.39 is 51.4 Å². The van der Waals surface area contributed by atoms with Gasteiger partial charge in [-0.3, -0.25) is 14.8 Å². The largest absolute Gasteiger partial charge is 0.481 e. The van der Waals surface area contributed by atoms with E-state index in [4.69, 9.17) is 4.74 Å². The molecule has 0 spiro atoms. The average Bonchev–Trinajstić information content (AvgIpc) is 2.83. The van der Waals surface area contributed by atoms with Gasteiger partial charge in [-0.25, -0.2) is 13.9 Å². The number of rotatable bonds is 9. The first-order valence-electron chi connectivity index (χ1n) is 10.4. The number of likely N-dealkylation sites (tertiary alicyclic amines) is 1. The molecule has 2 amide bonds. The van der Waals surface area contributed by atoms with Crippen molar-refractivity contribution in [3.05, 3.63) is 24.3 Å². The fourth-order valence-corrected chi connectivity index (χ4v) is 5.51. The molecule has 1 heterocycles. The maximum absolute atomic E-state index is 13.1. The Morgan fingerprint density at radius 1 is 1.18 bits per heavy atom. The van der Waals surface area contributed by atoms with Gasteiger partial charge in [0.1, 0.15) is 12.4 Å². The molecule has 0 atom stereocenters. The second-order valence-corrected chi connectivity index (χ2v) is 10.3. The van der Waals surface area contributed by atoms with E-state index in [1.165, 1.54) is 36.1 Å². The van der Waals surface area contributed by atoms with Gasteiger partial charge in [-0.2, -0.15) is 0 Å². The molecule has 2 rings (SSSR count). The molecular formula is C22H30N2O8S. The zero-order valence-corrected chi connectivity index (χ0v) is 19.5. The Morgan fingerprint density at radius 3 is 2.24 bits per heavy atom. The third-order valence-corrected chi connectivity index (χ3v) is 7.87. The summed E-state index contributed by atoms with van der Waals surface area (Å²) in [5, 5.41) is 28.2. The monoisotopic (exact) mass is 482 g/mol. The van der Waals surface area contributed by atoms with E-state index in [9.17, 15) is 33.4 Å². The summed E-state index contributed by atoms with van der Waals surface area (Å²) in [6.07, 6.45) is -0.0393. The predicted octanol–water partition coefficient (Wildman–Crippen LogP) is -0.0325. The summed E-state index contributed by atoms with van der Waals surface area (Å²) in [6, 6.07) is 5.74. The van der Waals surface area contributed by atoms with Crippen molar-refractivity contribution in [2.75, 3.05) is 38.7 Å². The van der Waals surface area contributed by atoms with Crippen molar-refractivity contribution < 1.29 is 38.2 Å². The highest BCUT2D eigenvalue weighted by Crippen LogP contribution is 2.36. The van der Waals surface area contributed by atoms with Crippen LogP contribution in [0.25, 0.3) is 0 Å². The Hall–Kier alpha value is -2.65. The maximum atomic E-state index is 13.1. The van der Waals surface area contributed by atoms with Crippen molar-refractivity contribution in [2.45, 2.75) is 31.6 Å². The zero-order chi connectivity index (χ0) is 24.7. The molecular weight excluding hydrogens is 452 g/mol. The minimum Gasteiger partial charge on any atom is -0.481 e. The van der Waals surface area contributed by atoms with Crippen LogP contribution < -0.4 is 10.2 Å². The molecule has 1 aliphatic heterocycles. The first-order valence-corrected chi connectivity index (χ1v) is 12.0. The molecule has 1 aliphatic rings. The number of amides is 2.